The fourth-order valence-corrected chi connectivity index (χ4v) is 4.05. The summed E-state index contributed by atoms with van der Waals surface area (Å²) in [5.74, 6) is 0. The van der Waals surface area contributed by atoms with Gasteiger partial charge in [0.05, 0.1) is 0 Å². The van der Waals surface area contributed by atoms with Gasteiger partial charge in [0, 0.05) is 33.4 Å². The van der Waals surface area contributed by atoms with Crippen LogP contribution in [0, 0.1) is 0 Å². The van der Waals surface area contributed by atoms with Crippen LogP contribution in [-0.4, -0.2) is 42.7 Å². The molecule has 0 fully saturated rings. The van der Waals surface area contributed by atoms with Gasteiger partial charge in [-0.25, -0.2) is 0 Å². The molecule has 0 aromatic heterocycles. The standard InChI is InChI=1S/C16H28N2O3Si/c1-19-22(20-2,15-6-11-17)21-14-7-12-18-13-10-16-8-4-3-5-9-16/h3-5,8-10,13,18H,6-7,11-12,14-15,17H2,1-2H3. The number of hydrogen-bond donors (Lipinski definition) is 2. The lowest BCUT2D eigenvalue weighted by Gasteiger charge is -2.26. The molecule has 0 saturated heterocycles. The van der Waals surface area contributed by atoms with E-state index >= 15 is 0 Å². The second kappa shape index (κ2) is 11.4. The molecule has 0 aliphatic rings. The Labute approximate surface area is 134 Å². The molecule has 3 N–H and O–H groups in total. The Morgan fingerprint density at radius 2 is 1.86 bits per heavy atom. The second-order valence-electron chi connectivity index (χ2n) is 4.88. The molecule has 0 heterocycles. The van der Waals surface area contributed by atoms with E-state index in [4.69, 9.17) is 19.0 Å². The zero-order valence-corrected chi connectivity index (χ0v) is 14.6. The predicted molar refractivity (Wildman–Crippen MR) is 92.3 cm³/mol. The van der Waals surface area contributed by atoms with Crippen LogP contribution in [0.5, 0.6) is 0 Å². The third kappa shape index (κ3) is 7.19. The molecule has 0 saturated carbocycles. The molecule has 0 aliphatic carbocycles. The van der Waals surface area contributed by atoms with E-state index in [-0.39, 0.29) is 0 Å². The molecule has 1 aromatic carbocycles. The first kappa shape index (κ1) is 18.9. The molecule has 6 heteroatoms. The van der Waals surface area contributed by atoms with Gasteiger partial charge < -0.3 is 24.3 Å². The first-order chi connectivity index (χ1) is 10.8. The van der Waals surface area contributed by atoms with Gasteiger partial charge in [-0.15, -0.1) is 0 Å². The molecule has 22 heavy (non-hydrogen) atoms. The summed E-state index contributed by atoms with van der Waals surface area (Å²) < 4.78 is 16.8. The maximum atomic E-state index is 5.87. The topological polar surface area (TPSA) is 65.7 Å². The zero-order chi connectivity index (χ0) is 16.1. The first-order valence-corrected chi connectivity index (χ1v) is 9.59. The van der Waals surface area contributed by atoms with Crippen LogP contribution in [0.3, 0.4) is 0 Å². The monoisotopic (exact) mass is 324 g/mol. The van der Waals surface area contributed by atoms with Crippen LogP contribution in [0.25, 0.3) is 6.08 Å². The third-order valence-corrected chi connectivity index (χ3v) is 6.14. The largest absolute Gasteiger partial charge is 0.500 e. The first-order valence-electron chi connectivity index (χ1n) is 7.65. The maximum absolute atomic E-state index is 5.87. The summed E-state index contributed by atoms with van der Waals surface area (Å²) in [6.45, 7) is 2.08. The molecule has 5 nitrogen and oxygen atoms in total. The number of rotatable bonds is 12. The molecule has 1 aromatic rings. The molecule has 0 unspecified atom stereocenters. The van der Waals surface area contributed by atoms with Crippen LogP contribution in [0.4, 0.5) is 0 Å². The molecule has 0 spiro atoms. The second-order valence-corrected chi connectivity index (χ2v) is 7.85. The summed E-state index contributed by atoms with van der Waals surface area (Å²) >= 11 is 0. The lowest BCUT2D eigenvalue weighted by Crippen LogP contribution is -2.44. The quantitative estimate of drug-likeness (QED) is 0.456. The number of nitrogens with two attached hydrogens (primary N) is 1. The van der Waals surface area contributed by atoms with E-state index in [0.29, 0.717) is 13.2 Å². The lowest BCUT2D eigenvalue weighted by molar-refractivity contribution is 0.0969. The Hall–Kier alpha value is -1.18. The summed E-state index contributed by atoms with van der Waals surface area (Å²) in [7, 11) is 0.780. The van der Waals surface area contributed by atoms with Gasteiger partial charge in [-0.2, -0.15) is 0 Å². The van der Waals surface area contributed by atoms with Crippen LogP contribution >= 0.6 is 0 Å². The molecule has 0 amide bonds. The van der Waals surface area contributed by atoms with Crippen molar-refractivity contribution in [1.82, 2.24) is 5.32 Å². The molecule has 0 aliphatic heterocycles. The van der Waals surface area contributed by atoms with Gasteiger partial charge in [0.2, 0.25) is 0 Å². The van der Waals surface area contributed by atoms with E-state index in [9.17, 15) is 0 Å². The van der Waals surface area contributed by atoms with E-state index in [1.54, 1.807) is 14.2 Å². The van der Waals surface area contributed by atoms with Crippen LogP contribution in [0.1, 0.15) is 18.4 Å². The van der Waals surface area contributed by atoms with Crippen molar-refractivity contribution in [2.24, 2.45) is 5.73 Å². The van der Waals surface area contributed by atoms with Gasteiger partial charge in [-0.05, 0) is 37.2 Å². The summed E-state index contributed by atoms with van der Waals surface area (Å²) in [6, 6.07) is 10.9. The van der Waals surface area contributed by atoms with Gasteiger partial charge in [0.1, 0.15) is 0 Å². The Morgan fingerprint density at radius 3 is 2.50 bits per heavy atom. The van der Waals surface area contributed by atoms with Gasteiger partial charge in [0.25, 0.3) is 0 Å². The van der Waals surface area contributed by atoms with Crippen molar-refractivity contribution in [3.05, 3.63) is 42.1 Å². The van der Waals surface area contributed by atoms with Crippen LogP contribution in [0.2, 0.25) is 6.04 Å². The number of nitrogens with one attached hydrogen (secondary N) is 1. The third-order valence-electron chi connectivity index (χ3n) is 3.29. The fourth-order valence-electron chi connectivity index (χ4n) is 2.00. The Kier molecular flexibility index (Phi) is 9.77. The summed E-state index contributed by atoms with van der Waals surface area (Å²) in [5.41, 5.74) is 6.72. The van der Waals surface area contributed by atoms with Gasteiger partial charge in [-0.1, -0.05) is 30.3 Å². The fraction of sp³-hybridized carbons (Fsp3) is 0.500. The van der Waals surface area contributed by atoms with E-state index in [2.05, 4.69) is 17.4 Å². The molecular formula is C16H28N2O3Si. The Bertz CT molecular complexity index is 411. The van der Waals surface area contributed by atoms with Crippen molar-refractivity contribution >= 4 is 14.9 Å². The zero-order valence-electron chi connectivity index (χ0n) is 13.6. The average Bonchev–Trinajstić information content (AvgIpc) is 2.58. The minimum Gasteiger partial charge on any atom is -0.391 e. The van der Waals surface area contributed by atoms with Crippen molar-refractivity contribution in [2.75, 3.05) is 33.9 Å². The summed E-state index contributed by atoms with van der Waals surface area (Å²) in [5, 5.41) is 3.25. The van der Waals surface area contributed by atoms with Crippen molar-refractivity contribution < 1.29 is 13.3 Å². The van der Waals surface area contributed by atoms with Gasteiger partial charge in [-0.3, -0.25) is 0 Å². The molecule has 0 bridgehead atoms. The van der Waals surface area contributed by atoms with E-state index < -0.39 is 8.80 Å². The molecule has 0 radical (unpaired) electrons. The molecule has 1 rings (SSSR count). The normalized spacial score (nSPS) is 12.0. The van der Waals surface area contributed by atoms with Crippen molar-refractivity contribution in [3.8, 4) is 0 Å². The SMILES string of the molecule is CO[Si](CCCN)(OC)OCCCNC=Cc1ccccc1. The highest BCUT2D eigenvalue weighted by Crippen LogP contribution is 2.15. The number of benzene rings is 1. The summed E-state index contributed by atoms with van der Waals surface area (Å²) in [6.07, 6.45) is 5.75. The van der Waals surface area contributed by atoms with Crippen LogP contribution in [-0.2, 0) is 13.3 Å². The minimum atomic E-state index is -2.51. The highest BCUT2D eigenvalue weighted by Gasteiger charge is 2.37. The Balaban J connectivity index is 2.19. The van der Waals surface area contributed by atoms with E-state index in [0.717, 1.165) is 25.4 Å². The molecular weight excluding hydrogens is 296 g/mol. The van der Waals surface area contributed by atoms with Crippen molar-refractivity contribution in [2.45, 2.75) is 18.9 Å². The lowest BCUT2D eigenvalue weighted by atomic mass is 10.2. The van der Waals surface area contributed by atoms with Crippen LogP contribution in [0.15, 0.2) is 36.5 Å². The Morgan fingerprint density at radius 1 is 1.14 bits per heavy atom. The minimum absolute atomic E-state index is 0.616. The summed E-state index contributed by atoms with van der Waals surface area (Å²) in [4.78, 5) is 0. The highest BCUT2D eigenvalue weighted by atomic mass is 28.4. The van der Waals surface area contributed by atoms with Crippen LogP contribution < -0.4 is 11.1 Å². The van der Waals surface area contributed by atoms with Crippen molar-refractivity contribution in [1.29, 1.82) is 0 Å². The smallest absolute Gasteiger partial charge is 0.391 e. The van der Waals surface area contributed by atoms with Crippen molar-refractivity contribution in [3.63, 3.8) is 0 Å². The maximum Gasteiger partial charge on any atom is 0.500 e. The van der Waals surface area contributed by atoms with Gasteiger partial charge >= 0.3 is 8.80 Å². The van der Waals surface area contributed by atoms with Gasteiger partial charge in [0.15, 0.2) is 0 Å². The van der Waals surface area contributed by atoms with E-state index in [1.807, 2.05) is 30.5 Å². The molecule has 0 atom stereocenters. The van der Waals surface area contributed by atoms with E-state index in [1.165, 1.54) is 5.56 Å². The number of hydrogen-bond acceptors (Lipinski definition) is 5. The average molecular weight is 324 g/mol. The molecule has 124 valence electrons. The predicted octanol–water partition coefficient (Wildman–Crippen LogP) is 2.23. The highest BCUT2D eigenvalue weighted by molar-refractivity contribution is 6.60.